The fourth-order valence-electron chi connectivity index (χ4n) is 3.73. The number of aryl methyl sites for hydroxylation is 1. The van der Waals surface area contributed by atoms with E-state index in [2.05, 4.69) is 25.9 Å². The van der Waals surface area contributed by atoms with Crippen molar-refractivity contribution in [2.24, 2.45) is 0 Å². The third-order valence-electron chi connectivity index (χ3n) is 5.70. The minimum absolute atomic E-state index is 0.00239. The highest BCUT2D eigenvalue weighted by Gasteiger charge is 2.28. The molecular formula is C23H27FN6O2S. The lowest BCUT2D eigenvalue weighted by Gasteiger charge is -2.30. The van der Waals surface area contributed by atoms with E-state index in [9.17, 15) is 12.8 Å². The predicted octanol–water partition coefficient (Wildman–Crippen LogP) is 3.78. The summed E-state index contributed by atoms with van der Waals surface area (Å²) in [5, 5.41) is 9.46. The molecule has 174 valence electrons. The number of hydrogen-bond donors (Lipinski definition) is 3. The van der Waals surface area contributed by atoms with Gasteiger partial charge >= 0.3 is 0 Å². The van der Waals surface area contributed by atoms with Crippen LogP contribution in [0.4, 0.5) is 27.5 Å². The van der Waals surface area contributed by atoms with Crippen LogP contribution < -0.4 is 16.0 Å². The Balaban J connectivity index is 1.44. The number of nitrogens with zero attached hydrogens (tertiary/aromatic N) is 3. The van der Waals surface area contributed by atoms with E-state index >= 15 is 0 Å². The molecule has 0 aliphatic carbocycles. The molecule has 1 aromatic heterocycles. The molecule has 4 rings (SSSR count). The topological polar surface area (TPSA) is 99.2 Å². The molecule has 0 atom stereocenters. The molecule has 3 N–H and O–H groups in total. The average molecular weight is 471 g/mol. The lowest BCUT2D eigenvalue weighted by molar-refractivity contribution is 0.296. The number of aromatic nitrogens is 2. The van der Waals surface area contributed by atoms with E-state index in [4.69, 9.17) is 0 Å². The van der Waals surface area contributed by atoms with Crippen molar-refractivity contribution in [3.63, 3.8) is 0 Å². The zero-order chi connectivity index (χ0) is 23.4. The van der Waals surface area contributed by atoms with Gasteiger partial charge in [0.05, 0.1) is 4.90 Å². The summed E-state index contributed by atoms with van der Waals surface area (Å²) >= 11 is 0. The molecule has 8 nitrogen and oxygen atoms in total. The fraction of sp³-hybridized carbons (Fsp3) is 0.304. The van der Waals surface area contributed by atoms with Gasteiger partial charge < -0.3 is 16.0 Å². The smallest absolute Gasteiger partial charge is 0.243 e. The molecule has 3 aromatic rings. The van der Waals surface area contributed by atoms with Crippen molar-refractivity contribution in [3.8, 4) is 0 Å². The first-order chi connectivity index (χ1) is 15.8. The van der Waals surface area contributed by atoms with Crippen molar-refractivity contribution in [3.05, 3.63) is 66.1 Å². The molecule has 0 spiro atoms. The van der Waals surface area contributed by atoms with Crippen molar-refractivity contribution in [2.45, 2.75) is 30.7 Å². The van der Waals surface area contributed by atoms with Crippen LogP contribution >= 0.6 is 0 Å². The number of hydrogen-bond acceptors (Lipinski definition) is 7. The largest absolute Gasteiger partial charge is 0.340 e. The van der Waals surface area contributed by atoms with E-state index in [1.807, 2.05) is 0 Å². The lowest BCUT2D eigenvalue weighted by atomic mass is 10.1. The summed E-state index contributed by atoms with van der Waals surface area (Å²) in [6.07, 6.45) is 3.20. The second kappa shape index (κ2) is 9.82. The molecule has 0 bridgehead atoms. The van der Waals surface area contributed by atoms with Gasteiger partial charge in [0, 0.05) is 30.7 Å². The maximum absolute atomic E-state index is 13.5. The molecule has 10 heteroatoms. The van der Waals surface area contributed by atoms with Crippen LogP contribution in [-0.4, -0.2) is 48.9 Å². The van der Waals surface area contributed by atoms with Gasteiger partial charge in [0.2, 0.25) is 16.0 Å². The zero-order valence-corrected chi connectivity index (χ0v) is 19.4. The number of nitrogens with one attached hydrogen (secondary N) is 3. The number of benzene rings is 2. The molecule has 0 saturated carbocycles. The minimum atomic E-state index is -3.57. The number of halogens is 1. The Morgan fingerprint density at radius 3 is 2.42 bits per heavy atom. The maximum Gasteiger partial charge on any atom is 0.243 e. The molecule has 33 heavy (non-hydrogen) atoms. The van der Waals surface area contributed by atoms with Crippen LogP contribution in [0.2, 0.25) is 0 Å². The van der Waals surface area contributed by atoms with Crippen molar-refractivity contribution >= 4 is 33.2 Å². The molecule has 0 unspecified atom stereocenters. The molecular weight excluding hydrogens is 443 g/mol. The van der Waals surface area contributed by atoms with Gasteiger partial charge in [-0.05, 0) is 86.9 Å². The van der Waals surface area contributed by atoms with Crippen LogP contribution in [0, 0.1) is 12.7 Å². The van der Waals surface area contributed by atoms with Gasteiger partial charge in [-0.1, -0.05) is 0 Å². The van der Waals surface area contributed by atoms with Gasteiger partial charge in [-0.15, -0.1) is 0 Å². The Labute approximate surface area is 193 Å². The summed E-state index contributed by atoms with van der Waals surface area (Å²) in [6.45, 7) is 3.34. The zero-order valence-electron chi connectivity index (χ0n) is 18.5. The van der Waals surface area contributed by atoms with E-state index in [0.717, 1.165) is 25.9 Å². The van der Waals surface area contributed by atoms with E-state index in [1.165, 1.54) is 10.4 Å². The Morgan fingerprint density at radius 2 is 1.73 bits per heavy atom. The Morgan fingerprint density at radius 1 is 1.03 bits per heavy atom. The molecule has 1 aliphatic rings. The quantitative estimate of drug-likeness (QED) is 0.483. The maximum atomic E-state index is 13.5. The highest BCUT2D eigenvalue weighted by Crippen LogP contribution is 2.24. The summed E-state index contributed by atoms with van der Waals surface area (Å²) in [5.74, 6) is 0.626. The molecule has 2 heterocycles. The van der Waals surface area contributed by atoms with Crippen LogP contribution in [0.3, 0.4) is 0 Å². The summed E-state index contributed by atoms with van der Waals surface area (Å²) in [4.78, 5) is 8.88. The highest BCUT2D eigenvalue weighted by molar-refractivity contribution is 7.89. The van der Waals surface area contributed by atoms with E-state index in [1.54, 1.807) is 62.6 Å². The first kappa shape index (κ1) is 23.1. The van der Waals surface area contributed by atoms with Gasteiger partial charge in [0.15, 0.2) is 0 Å². The van der Waals surface area contributed by atoms with Gasteiger partial charge in [-0.2, -0.15) is 9.29 Å². The molecule has 0 radical (unpaired) electrons. The van der Waals surface area contributed by atoms with Gasteiger partial charge in [0.25, 0.3) is 0 Å². The molecule has 1 aliphatic heterocycles. The number of anilines is 4. The number of piperidine rings is 1. The summed E-state index contributed by atoms with van der Waals surface area (Å²) in [7, 11) is -1.92. The van der Waals surface area contributed by atoms with E-state index in [0.29, 0.717) is 28.7 Å². The third-order valence-corrected chi connectivity index (χ3v) is 7.62. The minimum Gasteiger partial charge on any atom is -0.340 e. The predicted molar refractivity (Wildman–Crippen MR) is 127 cm³/mol. The summed E-state index contributed by atoms with van der Waals surface area (Å²) in [5.41, 5.74) is 1.91. The second-order valence-electron chi connectivity index (χ2n) is 8.01. The first-order valence-corrected chi connectivity index (χ1v) is 12.2. The average Bonchev–Trinajstić information content (AvgIpc) is 2.82. The number of rotatable bonds is 7. The summed E-state index contributed by atoms with van der Waals surface area (Å²) < 4.78 is 40.9. The monoisotopic (exact) mass is 470 g/mol. The van der Waals surface area contributed by atoms with Gasteiger partial charge in [-0.25, -0.2) is 17.8 Å². The van der Waals surface area contributed by atoms with Crippen LogP contribution in [0.5, 0.6) is 0 Å². The Hall–Kier alpha value is -3.08. The first-order valence-electron chi connectivity index (χ1n) is 10.7. The summed E-state index contributed by atoms with van der Waals surface area (Å²) in [6, 6.07) is 13.0. The fourth-order valence-corrected chi connectivity index (χ4v) is 5.15. The molecule has 0 amide bonds. The van der Waals surface area contributed by atoms with Gasteiger partial charge in [0.1, 0.15) is 11.6 Å². The standard InChI is InChI=1S/C23H27FN6O2S/c1-16-15-18(5-8-21(16)24)27-22-11-14-26-23(29-22)28-17-3-6-20(7-4-17)33(31,32)30(2)19-9-12-25-13-10-19/h3-8,11,14-15,19,25H,9-10,12-13H2,1-2H3,(H2,26,27,28,29). The van der Waals surface area contributed by atoms with E-state index in [-0.39, 0.29) is 16.8 Å². The number of sulfonamides is 1. The normalized spacial score (nSPS) is 14.9. The highest BCUT2D eigenvalue weighted by atomic mass is 32.2. The van der Waals surface area contributed by atoms with E-state index < -0.39 is 10.0 Å². The Bertz CT molecular complexity index is 1210. The van der Waals surface area contributed by atoms with Crippen LogP contribution in [0.15, 0.2) is 59.6 Å². The van der Waals surface area contributed by atoms with Crippen molar-refractivity contribution in [2.75, 3.05) is 30.8 Å². The van der Waals surface area contributed by atoms with Crippen molar-refractivity contribution in [1.29, 1.82) is 0 Å². The van der Waals surface area contributed by atoms with Crippen LogP contribution in [0.1, 0.15) is 18.4 Å². The lowest BCUT2D eigenvalue weighted by Crippen LogP contribution is -2.43. The Kier molecular flexibility index (Phi) is 6.87. The molecule has 2 aromatic carbocycles. The van der Waals surface area contributed by atoms with Crippen molar-refractivity contribution in [1.82, 2.24) is 19.6 Å². The van der Waals surface area contributed by atoms with Crippen LogP contribution in [0.25, 0.3) is 0 Å². The molecule has 1 saturated heterocycles. The van der Waals surface area contributed by atoms with Crippen molar-refractivity contribution < 1.29 is 12.8 Å². The molecule has 1 fully saturated rings. The second-order valence-corrected chi connectivity index (χ2v) is 10.0. The SMILES string of the molecule is Cc1cc(Nc2ccnc(Nc3ccc(S(=O)(=O)N(C)C4CCNCC4)cc3)n2)ccc1F. The third kappa shape index (κ3) is 5.47. The van der Waals surface area contributed by atoms with Crippen LogP contribution in [-0.2, 0) is 10.0 Å². The van der Waals surface area contributed by atoms with Gasteiger partial charge in [-0.3, -0.25) is 0 Å².